The molecule has 12 heteroatoms. The molecule has 0 unspecified atom stereocenters. The van der Waals surface area contributed by atoms with Gasteiger partial charge in [-0.1, -0.05) is 53.5 Å². The third-order valence-electron chi connectivity index (χ3n) is 5.82. The summed E-state index contributed by atoms with van der Waals surface area (Å²) in [6, 6.07) is 19.9. The molecule has 0 atom stereocenters. The van der Waals surface area contributed by atoms with Gasteiger partial charge in [0, 0.05) is 20.2 Å². The molecule has 0 radical (unpaired) electrons. The molecule has 4 aromatic rings. The van der Waals surface area contributed by atoms with E-state index in [2.05, 4.69) is 10.1 Å². The van der Waals surface area contributed by atoms with Crippen LogP contribution in [-0.2, 0) is 20.8 Å². The molecule has 1 aromatic heterocycles. The van der Waals surface area contributed by atoms with Gasteiger partial charge in [-0.2, -0.15) is 0 Å². The van der Waals surface area contributed by atoms with Crippen LogP contribution in [0.5, 0.6) is 17.2 Å². The summed E-state index contributed by atoms with van der Waals surface area (Å²) in [6.45, 7) is 2.68. The van der Waals surface area contributed by atoms with E-state index in [4.69, 9.17) is 42.1 Å². The van der Waals surface area contributed by atoms with Crippen molar-refractivity contribution in [2.75, 3.05) is 46.7 Å². The highest BCUT2D eigenvalue weighted by molar-refractivity contribution is 6.37. The van der Waals surface area contributed by atoms with Gasteiger partial charge in [0.1, 0.15) is 17.8 Å². The van der Waals surface area contributed by atoms with E-state index in [1.165, 1.54) is 23.1 Å². The maximum atomic E-state index is 13.5. The second-order valence-electron chi connectivity index (χ2n) is 8.77. The minimum Gasteiger partial charge on any atom is -0.505 e. The zero-order chi connectivity index (χ0) is 29.0. The number of halogens is 2. The number of amides is 1. The summed E-state index contributed by atoms with van der Waals surface area (Å²) < 4.78 is 23.3. The molecule has 0 saturated carbocycles. The first kappa shape index (κ1) is 30.3. The molecule has 1 heterocycles. The summed E-state index contributed by atoms with van der Waals surface area (Å²) in [5.41, 5.74) is 1.33. The SMILES string of the molecule is COCCOCCOCCN(Cc1ccc(Oc2ccccc2)cc1)C(=O)c1ncn(-c2cc(Cl)c(O)c(Cl)c2)n1. The summed E-state index contributed by atoms with van der Waals surface area (Å²) in [6.07, 6.45) is 1.38. The lowest BCUT2D eigenvalue weighted by Gasteiger charge is -2.22. The molecule has 4 rings (SSSR count). The van der Waals surface area contributed by atoms with Crippen LogP contribution in [0, 0.1) is 0 Å². The van der Waals surface area contributed by atoms with E-state index in [-0.39, 0.29) is 27.5 Å². The average Bonchev–Trinajstić information content (AvgIpc) is 3.48. The number of carbonyl (C=O) groups excluding carboxylic acids is 1. The Morgan fingerprint density at radius 1 is 0.902 bits per heavy atom. The van der Waals surface area contributed by atoms with Crippen molar-refractivity contribution in [3.05, 3.63) is 94.5 Å². The maximum Gasteiger partial charge on any atom is 0.293 e. The number of rotatable bonds is 15. The largest absolute Gasteiger partial charge is 0.505 e. The van der Waals surface area contributed by atoms with Gasteiger partial charge < -0.3 is 29.0 Å². The summed E-state index contributed by atoms with van der Waals surface area (Å²) in [5, 5.41) is 14.3. The Balaban J connectivity index is 1.44. The maximum absolute atomic E-state index is 13.5. The number of benzene rings is 3. The number of hydrogen-bond donors (Lipinski definition) is 1. The smallest absolute Gasteiger partial charge is 0.293 e. The van der Waals surface area contributed by atoms with Crippen LogP contribution in [0.25, 0.3) is 5.69 Å². The number of nitrogens with zero attached hydrogens (tertiary/aromatic N) is 4. The fourth-order valence-corrected chi connectivity index (χ4v) is 4.19. The number of phenols is 1. The molecule has 0 bridgehead atoms. The summed E-state index contributed by atoms with van der Waals surface area (Å²) in [4.78, 5) is 19.3. The summed E-state index contributed by atoms with van der Waals surface area (Å²) >= 11 is 12.1. The Bertz CT molecular complexity index is 1380. The minimum atomic E-state index is -0.385. The monoisotopic (exact) mass is 600 g/mol. The van der Waals surface area contributed by atoms with Crippen LogP contribution in [-0.4, -0.2) is 77.4 Å². The van der Waals surface area contributed by atoms with Crippen LogP contribution in [0.1, 0.15) is 16.2 Å². The van der Waals surface area contributed by atoms with Crippen molar-refractivity contribution < 1.29 is 28.8 Å². The minimum absolute atomic E-state index is 0.0164. The Hall–Kier alpha value is -3.67. The second-order valence-corrected chi connectivity index (χ2v) is 9.59. The first-order valence-electron chi connectivity index (χ1n) is 12.8. The van der Waals surface area contributed by atoms with Crippen molar-refractivity contribution in [3.63, 3.8) is 0 Å². The van der Waals surface area contributed by atoms with E-state index in [9.17, 15) is 9.90 Å². The average molecular weight is 601 g/mol. The van der Waals surface area contributed by atoms with Crippen LogP contribution in [0.15, 0.2) is 73.1 Å². The van der Waals surface area contributed by atoms with Crippen molar-refractivity contribution in [2.45, 2.75) is 6.54 Å². The fraction of sp³-hybridized carbons (Fsp3) is 0.276. The Labute approximate surface area is 247 Å². The van der Waals surface area contributed by atoms with Gasteiger partial charge in [0.05, 0.1) is 48.8 Å². The van der Waals surface area contributed by atoms with E-state index in [0.29, 0.717) is 57.6 Å². The van der Waals surface area contributed by atoms with E-state index in [1.807, 2.05) is 54.6 Å². The van der Waals surface area contributed by atoms with Crippen LogP contribution in [0.4, 0.5) is 0 Å². The molecule has 0 aliphatic carbocycles. The molecule has 0 aliphatic rings. The molecule has 0 saturated heterocycles. The lowest BCUT2D eigenvalue weighted by atomic mass is 10.2. The molecular formula is C29H30Cl2N4O6. The highest BCUT2D eigenvalue weighted by Gasteiger charge is 2.21. The van der Waals surface area contributed by atoms with Crippen LogP contribution in [0.2, 0.25) is 10.0 Å². The second kappa shape index (κ2) is 15.4. The van der Waals surface area contributed by atoms with Gasteiger partial charge >= 0.3 is 0 Å². The number of aromatic hydroxyl groups is 1. The van der Waals surface area contributed by atoms with Crippen molar-refractivity contribution in [1.82, 2.24) is 19.7 Å². The van der Waals surface area contributed by atoms with E-state index in [1.54, 1.807) is 12.0 Å². The molecule has 10 nitrogen and oxygen atoms in total. The zero-order valence-corrected chi connectivity index (χ0v) is 23.9. The molecular weight excluding hydrogens is 571 g/mol. The predicted molar refractivity (Wildman–Crippen MR) is 154 cm³/mol. The standard InChI is InChI=1S/C29H30Cl2N4O6/c1-38-13-14-40-16-15-39-12-11-34(19-21-7-9-24(10-8-21)41-23-5-3-2-4-6-23)29(37)28-32-20-35(33-28)22-17-25(30)27(36)26(31)18-22/h2-10,17-18,20,36H,11-16,19H2,1H3. The normalized spacial score (nSPS) is 11.0. The van der Waals surface area contributed by atoms with Gasteiger partial charge in [-0.25, -0.2) is 9.67 Å². The van der Waals surface area contributed by atoms with E-state index >= 15 is 0 Å². The highest BCUT2D eigenvalue weighted by atomic mass is 35.5. The van der Waals surface area contributed by atoms with E-state index < -0.39 is 0 Å². The number of phenolic OH excluding ortho intramolecular Hbond substituents is 1. The number of para-hydroxylation sites is 1. The van der Waals surface area contributed by atoms with Crippen LogP contribution < -0.4 is 4.74 Å². The van der Waals surface area contributed by atoms with Crippen molar-refractivity contribution >= 4 is 29.1 Å². The molecule has 0 fully saturated rings. The zero-order valence-electron chi connectivity index (χ0n) is 22.4. The fourth-order valence-electron chi connectivity index (χ4n) is 3.71. The molecule has 1 amide bonds. The predicted octanol–water partition coefficient (Wildman–Crippen LogP) is 5.39. The Kier molecular flexibility index (Phi) is 11.4. The van der Waals surface area contributed by atoms with Gasteiger partial charge in [0.2, 0.25) is 5.82 Å². The van der Waals surface area contributed by atoms with Gasteiger partial charge in [-0.15, -0.1) is 5.10 Å². The molecule has 1 N–H and O–H groups in total. The number of aromatic nitrogens is 3. The molecule has 216 valence electrons. The van der Waals surface area contributed by atoms with Crippen molar-refractivity contribution in [3.8, 4) is 22.9 Å². The van der Waals surface area contributed by atoms with Gasteiger partial charge in [0.15, 0.2) is 5.75 Å². The van der Waals surface area contributed by atoms with Gasteiger partial charge in [-0.3, -0.25) is 4.79 Å². The third kappa shape index (κ3) is 8.91. The third-order valence-corrected chi connectivity index (χ3v) is 6.40. The number of methoxy groups -OCH3 is 1. The van der Waals surface area contributed by atoms with Crippen molar-refractivity contribution in [1.29, 1.82) is 0 Å². The first-order valence-corrected chi connectivity index (χ1v) is 13.6. The van der Waals surface area contributed by atoms with Crippen molar-refractivity contribution in [2.24, 2.45) is 0 Å². The topological polar surface area (TPSA) is 108 Å². The Morgan fingerprint density at radius 3 is 2.22 bits per heavy atom. The number of hydrogen-bond acceptors (Lipinski definition) is 8. The summed E-state index contributed by atoms with van der Waals surface area (Å²) in [7, 11) is 1.61. The van der Waals surface area contributed by atoms with Crippen LogP contribution >= 0.6 is 23.2 Å². The highest BCUT2D eigenvalue weighted by Crippen LogP contribution is 2.33. The first-order chi connectivity index (χ1) is 19.9. The number of ether oxygens (including phenoxy) is 4. The molecule has 3 aromatic carbocycles. The van der Waals surface area contributed by atoms with Gasteiger partial charge in [0.25, 0.3) is 5.91 Å². The molecule has 41 heavy (non-hydrogen) atoms. The quantitative estimate of drug-likeness (QED) is 0.181. The lowest BCUT2D eigenvalue weighted by molar-refractivity contribution is 0.0186. The Morgan fingerprint density at radius 2 is 1.54 bits per heavy atom. The molecule has 0 aliphatic heterocycles. The summed E-state index contributed by atoms with van der Waals surface area (Å²) in [5.74, 6) is 0.782. The molecule has 0 spiro atoms. The van der Waals surface area contributed by atoms with Crippen LogP contribution in [0.3, 0.4) is 0 Å². The van der Waals surface area contributed by atoms with Gasteiger partial charge in [-0.05, 0) is 42.0 Å². The number of carbonyl (C=O) groups is 1. The lowest BCUT2D eigenvalue weighted by Crippen LogP contribution is -2.34. The van der Waals surface area contributed by atoms with E-state index in [0.717, 1.165) is 11.3 Å².